The summed E-state index contributed by atoms with van der Waals surface area (Å²) < 4.78 is 6.76. The van der Waals surface area contributed by atoms with Crippen molar-refractivity contribution in [3.63, 3.8) is 0 Å². The molecule has 1 aliphatic rings. The third kappa shape index (κ3) is 3.97. The van der Waals surface area contributed by atoms with Crippen LogP contribution in [0.25, 0.3) is 0 Å². The quantitative estimate of drug-likeness (QED) is 0.927. The highest BCUT2D eigenvalue weighted by atomic mass is 79.9. The molecule has 18 heavy (non-hydrogen) atoms. The van der Waals surface area contributed by atoms with E-state index in [1.807, 2.05) is 24.3 Å². The Morgan fingerprint density at radius 1 is 1.39 bits per heavy atom. The van der Waals surface area contributed by atoms with E-state index in [1.54, 1.807) is 0 Å². The second-order valence-electron chi connectivity index (χ2n) is 4.94. The van der Waals surface area contributed by atoms with Gasteiger partial charge in [0.05, 0.1) is 6.10 Å². The van der Waals surface area contributed by atoms with Gasteiger partial charge in [0.25, 0.3) is 0 Å². The summed E-state index contributed by atoms with van der Waals surface area (Å²) in [4.78, 5) is 2.36. The first-order chi connectivity index (χ1) is 8.65. The molecule has 2 atom stereocenters. The molecule has 1 N–H and O–H groups in total. The summed E-state index contributed by atoms with van der Waals surface area (Å²) in [5.41, 5.74) is 0. The van der Waals surface area contributed by atoms with Gasteiger partial charge in [0.1, 0.15) is 12.4 Å². The summed E-state index contributed by atoms with van der Waals surface area (Å²) >= 11 is 3.40. The van der Waals surface area contributed by atoms with Gasteiger partial charge in [0.2, 0.25) is 0 Å². The molecule has 3 nitrogen and oxygen atoms in total. The molecule has 0 saturated carbocycles. The van der Waals surface area contributed by atoms with Crippen LogP contribution in [0.1, 0.15) is 13.3 Å². The van der Waals surface area contributed by atoms with Gasteiger partial charge in [-0.2, -0.15) is 0 Å². The van der Waals surface area contributed by atoms with Crippen LogP contribution in [0.15, 0.2) is 28.7 Å². The van der Waals surface area contributed by atoms with Crippen molar-refractivity contribution in [2.45, 2.75) is 19.4 Å². The van der Waals surface area contributed by atoms with E-state index in [0.29, 0.717) is 12.5 Å². The van der Waals surface area contributed by atoms with E-state index >= 15 is 0 Å². The van der Waals surface area contributed by atoms with E-state index in [9.17, 15) is 5.11 Å². The van der Waals surface area contributed by atoms with Crippen LogP contribution in [-0.4, -0.2) is 42.4 Å². The Morgan fingerprint density at radius 2 is 2.11 bits per heavy atom. The molecule has 100 valence electrons. The summed E-state index contributed by atoms with van der Waals surface area (Å²) in [6.07, 6.45) is 0.744. The largest absolute Gasteiger partial charge is 0.492 e. The van der Waals surface area contributed by atoms with Crippen molar-refractivity contribution < 1.29 is 9.84 Å². The zero-order valence-corrected chi connectivity index (χ0v) is 12.3. The van der Waals surface area contributed by atoms with Crippen molar-refractivity contribution in [2.24, 2.45) is 5.92 Å². The van der Waals surface area contributed by atoms with Crippen molar-refractivity contribution in [1.82, 2.24) is 4.90 Å². The molecule has 2 unspecified atom stereocenters. The van der Waals surface area contributed by atoms with E-state index in [4.69, 9.17) is 4.74 Å². The molecule has 0 radical (unpaired) electrons. The Morgan fingerprint density at radius 3 is 2.78 bits per heavy atom. The minimum absolute atomic E-state index is 0.131. The lowest BCUT2D eigenvalue weighted by Crippen LogP contribution is -2.43. The molecule has 4 heteroatoms. The van der Waals surface area contributed by atoms with Gasteiger partial charge in [0.15, 0.2) is 0 Å². The number of halogens is 1. The number of hydrogen-bond acceptors (Lipinski definition) is 3. The molecule has 0 aliphatic carbocycles. The van der Waals surface area contributed by atoms with Crippen LogP contribution < -0.4 is 4.74 Å². The molecule has 1 aliphatic heterocycles. The SMILES string of the molecule is CC1CN(CCOc2ccc(Br)cc2)CCC1O. The van der Waals surface area contributed by atoms with Crippen LogP contribution in [0.3, 0.4) is 0 Å². The van der Waals surface area contributed by atoms with Crippen LogP contribution in [-0.2, 0) is 0 Å². The monoisotopic (exact) mass is 313 g/mol. The molecule has 0 aromatic heterocycles. The van der Waals surface area contributed by atoms with E-state index < -0.39 is 0 Å². The standard InChI is InChI=1S/C14H20BrNO2/c1-11-10-16(7-6-14(11)17)8-9-18-13-4-2-12(15)3-5-13/h2-5,11,14,17H,6-10H2,1H3. The van der Waals surface area contributed by atoms with Gasteiger partial charge in [-0.3, -0.25) is 4.90 Å². The fourth-order valence-corrected chi connectivity index (χ4v) is 2.51. The minimum Gasteiger partial charge on any atom is -0.492 e. The molecule has 1 heterocycles. The Bertz CT molecular complexity index is 369. The van der Waals surface area contributed by atoms with Crippen molar-refractivity contribution in [1.29, 1.82) is 0 Å². The maximum atomic E-state index is 9.66. The molecule has 1 fully saturated rings. The lowest BCUT2D eigenvalue weighted by atomic mass is 9.97. The topological polar surface area (TPSA) is 32.7 Å². The second-order valence-corrected chi connectivity index (χ2v) is 5.85. The van der Waals surface area contributed by atoms with E-state index in [-0.39, 0.29) is 6.10 Å². The fraction of sp³-hybridized carbons (Fsp3) is 0.571. The number of aliphatic hydroxyl groups excluding tert-OH is 1. The van der Waals surface area contributed by atoms with Gasteiger partial charge in [0, 0.05) is 24.1 Å². The van der Waals surface area contributed by atoms with Gasteiger partial charge in [-0.1, -0.05) is 22.9 Å². The molecule has 1 aromatic rings. The third-order valence-corrected chi connectivity index (χ3v) is 3.96. The summed E-state index contributed by atoms with van der Waals surface area (Å²) in [6.45, 7) is 5.66. The van der Waals surface area contributed by atoms with Gasteiger partial charge in [-0.05, 0) is 36.6 Å². The van der Waals surface area contributed by atoms with E-state index in [0.717, 1.165) is 36.3 Å². The highest BCUT2D eigenvalue weighted by Crippen LogP contribution is 2.18. The van der Waals surface area contributed by atoms with Gasteiger partial charge in [-0.15, -0.1) is 0 Å². The summed E-state index contributed by atoms with van der Waals surface area (Å²) in [5, 5.41) is 9.66. The minimum atomic E-state index is -0.131. The van der Waals surface area contributed by atoms with Gasteiger partial charge < -0.3 is 9.84 Å². The van der Waals surface area contributed by atoms with Crippen molar-refractivity contribution in [3.8, 4) is 5.75 Å². The molecular formula is C14H20BrNO2. The predicted molar refractivity (Wildman–Crippen MR) is 75.9 cm³/mol. The third-order valence-electron chi connectivity index (χ3n) is 3.43. The van der Waals surface area contributed by atoms with Crippen molar-refractivity contribution >= 4 is 15.9 Å². The molecule has 1 aromatic carbocycles. The maximum absolute atomic E-state index is 9.66. The number of aliphatic hydroxyl groups is 1. The number of ether oxygens (including phenoxy) is 1. The molecule has 0 spiro atoms. The Labute approximate surface area is 117 Å². The highest BCUT2D eigenvalue weighted by Gasteiger charge is 2.23. The van der Waals surface area contributed by atoms with Crippen LogP contribution >= 0.6 is 15.9 Å². The Kier molecular flexibility index (Phi) is 5.03. The van der Waals surface area contributed by atoms with E-state index in [1.165, 1.54) is 0 Å². The highest BCUT2D eigenvalue weighted by molar-refractivity contribution is 9.10. The smallest absolute Gasteiger partial charge is 0.119 e. The lowest BCUT2D eigenvalue weighted by molar-refractivity contribution is 0.0304. The van der Waals surface area contributed by atoms with Crippen LogP contribution in [0.2, 0.25) is 0 Å². The van der Waals surface area contributed by atoms with Crippen molar-refractivity contribution in [2.75, 3.05) is 26.2 Å². The number of rotatable bonds is 4. The molecular weight excluding hydrogens is 294 g/mol. The number of piperidine rings is 1. The molecule has 0 amide bonds. The second kappa shape index (κ2) is 6.55. The zero-order chi connectivity index (χ0) is 13.0. The van der Waals surface area contributed by atoms with Gasteiger partial charge >= 0.3 is 0 Å². The first-order valence-electron chi connectivity index (χ1n) is 6.44. The first-order valence-corrected chi connectivity index (χ1v) is 7.23. The fourth-order valence-electron chi connectivity index (χ4n) is 2.25. The Hall–Kier alpha value is -0.580. The molecule has 0 bridgehead atoms. The molecule has 1 saturated heterocycles. The van der Waals surface area contributed by atoms with Crippen LogP contribution in [0.4, 0.5) is 0 Å². The first kappa shape index (κ1) is 13.8. The van der Waals surface area contributed by atoms with Crippen molar-refractivity contribution in [3.05, 3.63) is 28.7 Å². The average Bonchev–Trinajstić information content (AvgIpc) is 2.36. The van der Waals surface area contributed by atoms with Gasteiger partial charge in [-0.25, -0.2) is 0 Å². The van der Waals surface area contributed by atoms with Crippen LogP contribution in [0, 0.1) is 5.92 Å². The molecule has 2 rings (SSSR count). The van der Waals surface area contributed by atoms with Crippen LogP contribution in [0.5, 0.6) is 5.75 Å². The summed E-state index contributed by atoms with van der Waals surface area (Å²) in [7, 11) is 0. The Balaban J connectivity index is 1.71. The summed E-state index contributed by atoms with van der Waals surface area (Å²) in [5.74, 6) is 1.27. The zero-order valence-electron chi connectivity index (χ0n) is 10.7. The average molecular weight is 314 g/mol. The van der Waals surface area contributed by atoms with E-state index in [2.05, 4.69) is 27.8 Å². The maximum Gasteiger partial charge on any atom is 0.119 e. The lowest BCUT2D eigenvalue weighted by Gasteiger charge is -2.34. The number of hydrogen-bond donors (Lipinski definition) is 1. The number of likely N-dealkylation sites (tertiary alicyclic amines) is 1. The predicted octanol–water partition coefficient (Wildman–Crippen LogP) is 2.53. The summed E-state index contributed by atoms with van der Waals surface area (Å²) in [6, 6.07) is 7.89. The number of benzene rings is 1. The normalized spacial score (nSPS) is 25.1. The number of nitrogens with zero attached hydrogens (tertiary/aromatic N) is 1.